The molecule has 0 saturated heterocycles. The van der Waals surface area contributed by atoms with Crippen molar-refractivity contribution < 1.29 is 14.8 Å². The first-order chi connectivity index (χ1) is 11.5. The van der Waals surface area contributed by atoms with Gasteiger partial charge in [0.15, 0.2) is 0 Å². The van der Waals surface area contributed by atoms with Crippen LogP contribution >= 0.6 is 0 Å². The quantitative estimate of drug-likeness (QED) is 0.570. The van der Waals surface area contributed by atoms with Gasteiger partial charge in [-0.05, 0) is 18.1 Å². The maximum atomic E-state index is 11.3. The summed E-state index contributed by atoms with van der Waals surface area (Å²) in [6.45, 7) is 1.81. The van der Waals surface area contributed by atoms with Crippen molar-refractivity contribution in [2.24, 2.45) is 0 Å². The lowest BCUT2D eigenvalue weighted by atomic mass is 10.0. The predicted octanol–water partition coefficient (Wildman–Crippen LogP) is 3.86. The average molecular weight is 324 g/mol. The molecule has 0 aliphatic rings. The van der Waals surface area contributed by atoms with E-state index >= 15 is 0 Å². The molecule has 1 heterocycles. The van der Waals surface area contributed by atoms with Crippen LogP contribution in [0.15, 0.2) is 48.5 Å². The summed E-state index contributed by atoms with van der Waals surface area (Å²) >= 11 is 0. The molecule has 0 aliphatic heterocycles. The number of hydrogen-bond donors (Lipinski definition) is 1. The van der Waals surface area contributed by atoms with Crippen molar-refractivity contribution in [3.8, 4) is 11.1 Å². The number of para-hydroxylation sites is 1. The van der Waals surface area contributed by atoms with E-state index in [4.69, 9.17) is 0 Å². The Hall–Kier alpha value is -3.15. The standard InChI is InChI=1S/C18H16N2O4/c1-2-15-18(12-6-5-7-13(10-12)20(23)24)14-8-3-4-9-16(14)19(15)11-17(21)22/h3-10H,2,11H2,1H3,(H,21,22). The Morgan fingerprint density at radius 1 is 1.21 bits per heavy atom. The second-order valence-electron chi connectivity index (χ2n) is 5.48. The molecule has 0 spiro atoms. The Balaban J connectivity index is 2.33. The van der Waals surface area contributed by atoms with Gasteiger partial charge in [-0.1, -0.05) is 37.3 Å². The normalized spacial score (nSPS) is 10.9. The number of hydrogen-bond acceptors (Lipinski definition) is 3. The number of nitro benzene ring substituents is 1. The first kappa shape index (κ1) is 15.7. The third-order valence-corrected chi connectivity index (χ3v) is 4.05. The van der Waals surface area contributed by atoms with E-state index in [9.17, 15) is 20.0 Å². The van der Waals surface area contributed by atoms with E-state index in [0.717, 1.165) is 27.7 Å². The molecule has 0 bridgehead atoms. The van der Waals surface area contributed by atoms with Crippen molar-refractivity contribution in [2.75, 3.05) is 0 Å². The average Bonchev–Trinajstić information content (AvgIpc) is 2.88. The molecule has 0 saturated carbocycles. The lowest BCUT2D eigenvalue weighted by molar-refractivity contribution is -0.384. The van der Waals surface area contributed by atoms with Crippen LogP contribution in [0, 0.1) is 10.1 Å². The number of nitrogens with zero attached hydrogens (tertiary/aromatic N) is 2. The van der Waals surface area contributed by atoms with Gasteiger partial charge in [-0.15, -0.1) is 0 Å². The van der Waals surface area contributed by atoms with Gasteiger partial charge in [0, 0.05) is 34.3 Å². The highest BCUT2D eigenvalue weighted by atomic mass is 16.6. The van der Waals surface area contributed by atoms with Gasteiger partial charge < -0.3 is 9.67 Å². The van der Waals surface area contributed by atoms with Crippen LogP contribution in [-0.4, -0.2) is 20.6 Å². The number of fused-ring (bicyclic) bond motifs is 1. The minimum atomic E-state index is -0.920. The Labute approximate surface area is 138 Å². The van der Waals surface area contributed by atoms with Crippen LogP contribution in [0.4, 0.5) is 5.69 Å². The van der Waals surface area contributed by atoms with Gasteiger partial charge >= 0.3 is 5.97 Å². The van der Waals surface area contributed by atoms with E-state index in [1.54, 1.807) is 10.6 Å². The summed E-state index contributed by atoms with van der Waals surface area (Å²) in [6, 6.07) is 14.0. The Morgan fingerprint density at radius 3 is 2.62 bits per heavy atom. The van der Waals surface area contributed by atoms with Gasteiger partial charge in [0.1, 0.15) is 6.54 Å². The van der Waals surface area contributed by atoms with E-state index in [-0.39, 0.29) is 12.2 Å². The first-order valence-corrected chi connectivity index (χ1v) is 7.59. The van der Waals surface area contributed by atoms with Crippen molar-refractivity contribution in [2.45, 2.75) is 19.9 Å². The molecule has 122 valence electrons. The van der Waals surface area contributed by atoms with E-state index in [1.165, 1.54) is 12.1 Å². The summed E-state index contributed by atoms with van der Waals surface area (Å²) in [5, 5.41) is 21.2. The fourth-order valence-electron chi connectivity index (χ4n) is 3.14. The van der Waals surface area contributed by atoms with Crippen LogP contribution in [0.25, 0.3) is 22.0 Å². The molecule has 24 heavy (non-hydrogen) atoms. The highest BCUT2D eigenvalue weighted by Gasteiger charge is 2.19. The predicted molar refractivity (Wildman–Crippen MR) is 91.0 cm³/mol. The summed E-state index contributed by atoms with van der Waals surface area (Å²) in [5.41, 5.74) is 3.28. The summed E-state index contributed by atoms with van der Waals surface area (Å²) in [6.07, 6.45) is 0.625. The van der Waals surface area contributed by atoms with Gasteiger partial charge in [0.25, 0.3) is 5.69 Å². The monoisotopic (exact) mass is 324 g/mol. The summed E-state index contributed by atoms with van der Waals surface area (Å²) in [7, 11) is 0. The second-order valence-corrected chi connectivity index (χ2v) is 5.48. The molecule has 3 rings (SSSR count). The lowest BCUT2D eigenvalue weighted by Crippen LogP contribution is -2.11. The third-order valence-electron chi connectivity index (χ3n) is 4.05. The van der Waals surface area contributed by atoms with Gasteiger partial charge in [0.2, 0.25) is 0 Å². The van der Waals surface area contributed by atoms with E-state index in [1.807, 2.05) is 37.3 Å². The molecule has 6 heteroatoms. The number of aromatic nitrogens is 1. The smallest absolute Gasteiger partial charge is 0.323 e. The zero-order chi connectivity index (χ0) is 17.3. The Morgan fingerprint density at radius 2 is 1.96 bits per heavy atom. The Bertz CT molecular complexity index is 943. The molecule has 2 aromatic carbocycles. The maximum absolute atomic E-state index is 11.3. The number of nitro groups is 1. The molecule has 0 aliphatic carbocycles. The van der Waals surface area contributed by atoms with Crippen LogP contribution in [0.2, 0.25) is 0 Å². The van der Waals surface area contributed by atoms with Gasteiger partial charge in [-0.25, -0.2) is 0 Å². The third kappa shape index (κ3) is 2.62. The zero-order valence-electron chi connectivity index (χ0n) is 13.1. The number of aliphatic carboxylic acids is 1. The molecule has 0 atom stereocenters. The molecule has 6 nitrogen and oxygen atoms in total. The van der Waals surface area contributed by atoms with Crippen molar-refractivity contribution in [1.82, 2.24) is 4.57 Å². The zero-order valence-corrected chi connectivity index (χ0v) is 13.1. The molecule has 1 N–H and O–H groups in total. The Kier molecular flexibility index (Phi) is 4.04. The van der Waals surface area contributed by atoms with Crippen LogP contribution in [0.5, 0.6) is 0 Å². The lowest BCUT2D eigenvalue weighted by Gasteiger charge is -2.08. The highest BCUT2D eigenvalue weighted by molar-refractivity contribution is 5.99. The van der Waals surface area contributed by atoms with Crippen LogP contribution < -0.4 is 0 Å². The number of non-ortho nitro benzene ring substituents is 1. The minimum absolute atomic E-state index is 0.0182. The molecule has 0 amide bonds. The van der Waals surface area contributed by atoms with Crippen molar-refractivity contribution in [3.05, 3.63) is 64.3 Å². The van der Waals surface area contributed by atoms with Gasteiger partial charge in [-0.2, -0.15) is 0 Å². The number of carboxylic acids is 1. The fraction of sp³-hybridized carbons (Fsp3) is 0.167. The van der Waals surface area contributed by atoms with Gasteiger partial charge in [0.05, 0.1) is 4.92 Å². The number of carboxylic acid groups (broad SMARTS) is 1. The molecular weight excluding hydrogens is 308 g/mol. The molecule has 3 aromatic rings. The maximum Gasteiger partial charge on any atom is 0.323 e. The van der Waals surface area contributed by atoms with Crippen LogP contribution in [0.3, 0.4) is 0 Å². The van der Waals surface area contributed by atoms with Crippen molar-refractivity contribution >= 4 is 22.6 Å². The summed E-state index contributed by atoms with van der Waals surface area (Å²) in [4.78, 5) is 21.9. The fourth-order valence-corrected chi connectivity index (χ4v) is 3.14. The minimum Gasteiger partial charge on any atom is -0.480 e. The van der Waals surface area contributed by atoms with Crippen molar-refractivity contribution in [1.29, 1.82) is 0 Å². The van der Waals surface area contributed by atoms with Crippen molar-refractivity contribution in [3.63, 3.8) is 0 Å². The number of rotatable bonds is 5. The number of benzene rings is 2. The van der Waals surface area contributed by atoms with E-state index < -0.39 is 10.9 Å². The van der Waals surface area contributed by atoms with Gasteiger partial charge in [-0.3, -0.25) is 14.9 Å². The molecule has 0 fully saturated rings. The highest BCUT2D eigenvalue weighted by Crippen LogP contribution is 2.36. The number of carbonyl (C=O) groups is 1. The van der Waals surface area contributed by atoms with Crippen LogP contribution in [0.1, 0.15) is 12.6 Å². The topological polar surface area (TPSA) is 85.4 Å². The van der Waals surface area contributed by atoms with Crippen LogP contribution in [-0.2, 0) is 17.8 Å². The van der Waals surface area contributed by atoms with E-state index in [0.29, 0.717) is 6.42 Å². The second kappa shape index (κ2) is 6.16. The molecule has 0 radical (unpaired) electrons. The molecular formula is C18H16N2O4. The first-order valence-electron chi connectivity index (χ1n) is 7.59. The van der Waals surface area contributed by atoms with E-state index in [2.05, 4.69) is 0 Å². The SMILES string of the molecule is CCc1c(-c2cccc([N+](=O)[O-])c2)c2ccccc2n1CC(=O)O. The largest absolute Gasteiger partial charge is 0.480 e. The summed E-state index contributed by atoms with van der Waals surface area (Å²) < 4.78 is 1.77. The molecule has 1 aromatic heterocycles. The summed E-state index contributed by atoms with van der Waals surface area (Å²) in [5.74, 6) is -0.920. The molecule has 0 unspecified atom stereocenters.